The SMILES string of the molecule is CCCCCc1ccc(C(=O)N(CCC)Cc2c(C)nn(-c3cccc(F)c3)c2N2CCN(CC)CC2)cc1. The first-order valence-corrected chi connectivity index (χ1v) is 14.6. The maximum absolute atomic E-state index is 14.2. The Kier molecular flexibility index (Phi) is 10.2. The van der Waals surface area contributed by atoms with E-state index in [9.17, 15) is 9.18 Å². The maximum Gasteiger partial charge on any atom is 0.254 e. The van der Waals surface area contributed by atoms with Crippen molar-refractivity contribution in [1.29, 1.82) is 0 Å². The number of carbonyl (C=O) groups is 1. The molecule has 2 aromatic carbocycles. The summed E-state index contributed by atoms with van der Waals surface area (Å²) >= 11 is 0. The van der Waals surface area contributed by atoms with E-state index in [1.165, 1.54) is 37.0 Å². The van der Waals surface area contributed by atoms with Crippen molar-refractivity contribution in [2.75, 3.05) is 44.2 Å². The number of hydrogen-bond donors (Lipinski definition) is 0. The molecular formula is C32H44FN5O. The molecule has 39 heavy (non-hydrogen) atoms. The fourth-order valence-corrected chi connectivity index (χ4v) is 5.41. The molecule has 210 valence electrons. The number of benzene rings is 2. The van der Waals surface area contributed by atoms with Gasteiger partial charge in [0, 0.05) is 43.9 Å². The smallest absolute Gasteiger partial charge is 0.254 e. The quantitative estimate of drug-likeness (QED) is 0.258. The summed E-state index contributed by atoms with van der Waals surface area (Å²) in [5, 5.41) is 4.89. The number of amides is 1. The van der Waals surface area contributed by atoms with Crippen LogP contribution in [0.5, 0.6) is 0 Å². The first-order valence-electron chi connectivity index (χ1n) is 14.6. The second-order valence-electron chi connectivity index (χ2n) is 10.6. The highest BCUT2D eigenvalue weighted by Gasteiger charge is 2.28. The van der Waals surface area contributed by atoms with E-state index in [1.807, 2.05) is 34.7 Å². The summed E-state index contributed by atoms with van der Waals surface area (Å²) in [6.45, 7) is 14.3. The molecular weight excluding hydrogens is 489 g/mol. The van der Waals surface area contributed by atoms with Gasteiger partial charge in [-0.2, -0.15) is 5.10 Å². The zero-order chi connectivity index (χ0) is 27.8. The number of unbranched alkanes of at least 4 members (excludes halogenated alkanes) is 2. The second kappa shape index (κ2) is 13.7. The number of carbonyl (C=O) groups excluding carboxylic acids is 1. The van der Waals surface area contributed by atoms with E-state index in [1.54, 1.807) is 6.07 Å². The van der Waals surface area contributed by atoms with Gasteiger partial charge in [-0.1, -0.05) is 51.8 Å². The Bertz CT molecular complexity index is 1210. The van der Waals surface area contributed by atoms with Crippen molar-refractivity contribution in [3.05, 3.63) is 76.7 Å². The van der Waals surface area contributed by atoms with Gasteiger partial charge in [0.1, 0.15) is 11.6 Å². The summed E-state index contributed by atoms with van der Waals surface area (Å²) in [6, 6.07) is 14.7. The minimum absolute atomic E-state index is 0.0385. The minimum atomic E-state index is -0.287. The van der Waals surface area contributed by atoms with Gasteiger partial charge in [0.25, 0.3) is 5.91 Å². The second-order valence-corrected chi connectivity index (χ2v) is 10.6. The number of anilines is 1. The summed E-state index contributed by atoms with van der Waals surface area (Å²) in [6.07, 6.45) is 5.52. The number of aromatic nitrogens is 2. The molecule has 0 N–H and O–H groups in total. The molecule has 0 spiro atoms. The van der Waals surface area contributed by atoms with Crippen molar-refractivity contribution in [3.63, 3.8) is 0 Å². The fraction of sp³-hybridized carbons (Fsp3) is 0.500. The number of nitrogens with zero attached hydrogens (tertiary/aromatic N) is 5. The Labute approximate surface area is 233 Å². The Balaban J connectivity index is 1.64. The first-order chi connectivity index (χ1) is 18.9. The highest BCUT2D eigenvalue weighted by Crippen LogP contribution is 2.30. The lowest BCUT2D eigenvalue weighted by molar-refractivity contribution is 0.0743. The summed E-state index contributed by atoms with van der Waals surface area (Å²) in [5.74, 6) is 0.718. The average Bonchev–Trinajstić information content (AvgIpc) is 3.28. The maximum atomic E-state index is 14.2. The summed E-state index contributed by atoms with van der Waals surface area (Å²) in [7, 11) is 0. The van der Waals surface area contributed by atoms with Gasteiger partial charge < -0.3 is 14.7 Å². The van der Waals surface area contributed by atoms with E-state index < -0.39 is 0 Å². The van der Waals surface area contributed by atoms with Gasteiger partial charge in [0.15, 0.2) is 0 Å². The summed E-state index contributed by atoms with van der Waals surface area (Å²) in [4.78, 5) is 20.5. The van der Waals surface area contributed by atoms with Crippen LogP contribution >= 0.6 is 0 Å². The zero-order valence-corrected chi connectivity index (χ0v) is 24.1. The third kappa shape index (κ3) is 7.07. The largest absolute Gasteiger partial charge is 0.354 e. The van der Waals surface area contributed by atoms with Crippen LogP contribution < -0.4 is 4.90 Å². The van der Waals surface area contributed by atoms with E-state index in [0.717, 1.165) is 68.2 Å². The molecule has 0 radical (unpaired) electrons. The lowest BCUT2D eigenvalue weighted by atomic mass is 10.0. The standard InChI is InChI=1S/C32H44FN5O/c1-5-8-9-11-26-14-16-27(17-15-26)32(39)37(18-6-2)24-30-25(4)34-38(29-13-10-12-28(33)23-29)31(30)36-21-19-35(7-3)20-22-36/h10,12-17,23H,5-9,11,18-22,24H2,1-4H3. The molecule has 0 unspecified atom stereocenters. The average molecular weight is 534 g/mol. The van der Waals surface area contributed by atoms with Gasteiger partial charge in [-0.25, -0.2) is 9.07 Å². The molecule has 1 aliphatic heterocycles. The van der Waals surface area contributed by atoms with Crippen LogP contribution in [0, 0.1) is 12.7 Å². The molecule has 1 fully saturated rings. The van der Waals surface area contributed by atoms with E-state index in [4.69, 9.17) is 5.10 Å². The Morgan fingerprint density at radius 1 is 0.974 bits per heavy atom. The van der Waals surface area contributed by atoms with Gasteiger partial charge in [-0.15, -0.1) is 0 Å². The first kappa shape index (κ1) is 28.8. The van der Waals surface area contributed by atoms with E-state index >= 15 is 0 Å². The van der Waals surface area contributed by atoms with Gasteiger partial charge in [0.05, 0.1) is 17.9 Å². The molecule has 3 aromatic rings. The Hall–Kier alpha value is -3.19. The molecule has 0 saturated carbocycles. The van der Waals surface area contributed by atoms with Crippen LogP contribution in [0.3, 0.4) is 0 Å². The fourth-order valence-electron chi connectivity index (χ4n) is 5.41. The topological polar surface area (TPSA) is 44.6 Å². The molecule has 0 atom stereocenters. The number of likely N-dealkylation sites (N-methyl/N-ethyl adjacent to an activating group) is 1. The molecule has 1 amide bonds. The summed E-state index contributed by atoms with van der Waals surface area (Å²) < 4.78 is 16.1. The van der Waals surface area contributed by atoms with Crippen LogP contribution in [0.25, 0.3) is 5.69 Å². The molecule has 1 saturated heterocycles. The van der Waals surface area contributed by atoms with Crippen LogP contribution in [-0.4, -0.2) is 64.8 Å². The summed E-state index contributed by atoms with van der Waals surface area (Å²) in [5.41, 5.74) is 4.59. The normalized spacial score (nSPS) is 14.1. The molecule has 4 rings (SSSR count). The van der Waals surface area contributed by atoms with Gasteiger partial charge >= 0.3 is 0 Å². The minimum Gasteiger partial charge on any atom is -0.354 e. The number of rotatable bonds is 12. The Morgan fingerprint density at radius 2 is 1.72 bits per heavy atom. The van der Waals surface area contributed by atoms with E-state index in [-0.39, 0.29) is 11.7 Å². The molecule has 1 aliphatic rings. The van der Waals surface area contributed by atoms with Crippen molar-refractivity contribution in [1.82, 2.24) is 19.6 Å². The van der Waals surface area contributed by atoms with Crippen LogP contribution in [0.2, 0.25) is 0 Å². The number of halogens is 1. The predicted octanol–water partition coefficient (Wildman–Crippen LogP) is 6.25. The van der Waals surface area contributed by atoms with Crippen LogP contribution in [-0.2, 0) is 13.0 Å². The lowest BCUT2D eigenvalue weighted by Gasteiger charge is -2.36. The van der Waals surface area contributed by atoms with Crippen LogP contribution in [0.15, 0.2) is 48.5 Å². The van der Waals surface area contributed by atoms with Crippen LogP contribution in [0.4, 0.5) is 10.2 Å². The molecule has 6 nitrogen and oxygen atoms in total. The molecule has 7 heteroatoms. The highest BCUT2D eigenvalue weighted by molar-refractivity contribution is 5.94. The lowest BCUT2D eigenvalue weighted by Crippen LogP contribution is -2.47. The van der Waals surface area contributed by atoms with Gasteiger partial charge in [-0.05, 0) is 68.6 Å². The third-order valence-corrected chi connectivity index (χ3v) is 7.73. The zero-order valence-electron chi connectivity index (χ0n) is 24.1. The Morgan fingerprint density at radius 3 is 2.36 bits per heavy atom. The van der Waals surface area contributed by atoms with Crippen molar-refractivity contribution >= 4 is 11.7 Å². The highest BCUT2D eigenvalue weighted by atomic mass is 19.1. The number of hydrogen-bond acceptors (Lipinski definition) is 4. The third-order valence-electron chi connectivity index (χ3n) is 7.73. The predicted molar refractivity (Wildman–Crippen MR) is 157 cm³/mol. The van der Waals surface area contributed by atoms with Crippen molar-refractivity contribution in [2.24, 2.45) is 0 Å². The molecule has 0 bridgehead atoms. The molecule has 1 aromatic heterocycles. The number of aryl methyl sites for hydroxylation is 2. The monoisotopic (exact) mass is 533 g/mol. The van der Waals surface area contributed by atoms with Crippen LogP contribution in [0.1, 0.15) is 73.6 Å². The van der Waals surface area contributed by atoms with Gasteiger partial charge in [-0.3, -0.25) is 4.79 Å². The molecule has 0 aliphatic carbocycles. The van der Waals surface area contributed by atoms with E-state index in [2.05, 4.69) is 42.7 Å². The van der Waals surface area contributed by atoms with Crippen molar-refractivity contribution in [2.45, 2.75) is 66.3 Å². The molecule has 2 heterocycles. The number of piperazine rings is 1. The van der Waals surface area contributed by atoms with E-state index in [0.29, 0.717) is 18.8 Å². The van der Waals surface area contributed by atoms with Crippen molar-refractivity contribution < 1.29 is 9.18 Å². The van der Waals surface area contributed by atoms with Gasteiger partial charge in [0.2, 0.25) is 0 Å². The van der Waals surface area contributed by atoms with Crippen molar-refractivity contribution in [3.8, 4) is 5.69 Å².